The standard InChI is InChI=1S/C10H21N3O5S/c1-4-6-13(8-9(14)11-2)19(17,18)12(3)7-5-10(15)16/h4-8H2,1-3H3,(H,11,14)(H,15,16). The SMILES string of the molecule is CCCN(CC(=O)NC)S(=O)(=O)N(C)CCC(=O)O. The van der Waals surface area contributed by atoms with E-state index < -0.39 is 22.1 Å². The van der Waals surface area contributed by atoms with Gasteiger partial charge in [-0.1, -0.05) is 6.92 Å². The number of nitrogens with one attached hydrogen (secondary N) is 1. The van der Waals surface area contributed by atoms with E-state index in [-0.39, 0.29) is 26.1 Å². The van der Waals surface area contributed by atoms with Crippen LogP contribution in [0.15, 0.2) is 0 Å². The number of carboxylic acids is 1. The first-order valence-corrected chi connectivity index (χ1v) is 7.29. The summed E-state index contributed by atoms with van der Waals surface area (Å²) in [7, 11) is -1.10. The van der Waals surface area contributed by atoms with Gasteiger partial charge in [0, 0.05) is 27.2 Å². The maximum atomic E-state index is 12.2. The van der Waals surface area contributed by atoms with Crippen molar-refractivity contribution in [2.75, 3.05) is 33.7 Å². The van der Waals surface area contributed by atoms with Crippen LogP contribution < -0.4 is 5.32 Å². The predicted molar refractivity (Wildman–Crippen MR) is 69.7 cm³/mol. The minimum Gasteiger partial charge on any atom is -0.481 e. The fraction of sp³-hybridized carbons (Fsp3) is 0.800. The van der Waals surface area contributed by atoms with Crippen molar-refractivity contribution >= 4 is 22.1 Å². The van der Waals surface area contributed by atoms with Crippen molar-refractivity contribution in [1.29, 1.82) is 0 Å². The van der Waals surface area contributed by atoms with Crippen LogP contribution in [0.2, 0.25) is 0 Å². The zero-order valence-electron chi connectivity index (χ0n) is 11.4. The fourth-order valence-corrected chi connectivity index (χ4v) is 2.74. The second-order valence-corrected chi connectivity index (χ2v) is 6.02. The van der Waals surface area contributed by atoms with Gasteiger partial charge in [0.05, 0.1) is 13.0 Å². The molecule has 0 aromatic carbocycles. The monoisotopic (exact) mass is 295 g/mol. The highest BCUT2D eigenvalue weighted by Gasteiger charge is 2.28. The zero-order valence-corrected chi connectivity index (χ0v) is 12.2. The van der Waals surface area contributed by atoms with Crippen LogP contribution in [0.25, 0.3) is 0 Å². The van der Waals surface area contributed by atoms with Gasteiger partial charge in [0.2, 0.25) is 5.91 Å². The Balaban J connectivity index is 4.86. The summed E-state index contributed by atoms with van der Waals surface area (Å²) in [6.07, 6.45) is 0.276. The minimum absolute atomic E-state index is 0.133. The van der Waals surface area contributed by atoms with Crippen LogP contribution in [0.5, 0.6) is 0 Å². The van der Waals surface area contributed by atoms with E-state index in [1.165, 1.54) is 14.1 Å². The molecule has 0 aliphatic rings. The molecule has 0 saturated carbocycles. The second-order valence-electron chi connectivity index (χ2n) is 3.98. The van der Waals surface area contributed by atoms with Gasteiger partial charge in [-0.15, -0.1) is 0 Å². The molecule has 0 rings (SSSR count). The summed E-state index contributed by atoms with van der Waals surface area (Å²) in [5, 5.41) is 10.9. The van der Waals surface area contributed by atoms with E-state index in [2.05, 4.69) is 5.32 Å². The van der Waals surface area contributed by atoms with Crippen LogP contribution in [0.4, 0.5) is 0 Å². The van der Waals surface area contributed by atoms with Crippen molar-refractivity contribution in [1.82, 2.24) is 13.9 Å². The Labute approximate surface area is 113 Å². The molecule has 0 atom stereocenters. The number of amides is 1. The van der Waals surface area contributed by atoms with Gasteiger partial charge in [0.1, 0.15) is 0 Å². The number of carbonyl (C=O) groups is 2. The van der Waals surface area contributed by atoms with Gasteiger partial charge >= 0.3 is 5.97 Å². The molecule has 0 radical (unpaired) electrons. The lowest BCUT2D eigenvalue weighted by molar-refractivity contribution is -0.137. The Kier molecular flexibility index (Phi) is 7.57. The topological polar surface area (TPSA) is 107 Å². The Morgan fingerprint density at radius 1 is 1.26 bits per heavy atom. The Bertz CT molecular complexity index is 409. The third-order valence-electron chi connectivity index (χ3n) is 2.43. The fourth-order valence-electron chi connectivity index (χ4n) is 1.33. The van der Waals surface area contributed by atoms with Gasteiger partial charge in [-0.2, -0.15) is 17.0 Å². The van der Waals surface area contributed by atoms with E-state index in [0.717, 1.165) is 8.61 Å². The summed E-state index contributed by atoms with van der Waals surface area (Å²) in [6, 6.07) is 0. The first kappa shape index (κ1) is 17.8. The van der Waals surface area contributed by atoms with Gasteiger partial charge in [-0.05, 0) is 6.42 Å². The summed E-state index contributed by atoms with van der Waals surface area (Å²) >= 11 is 0. The van der Waals surface area contributed by atoms with Crippen molar-refractivity contribution < 1.29 is 23.1 Å². The van der Waals surface area contributed by atoms with Crippen LogP contribution in [0, 0.1) is 0 Å². The highest BCUT2D eigenvalue weighted by molar-refractivity contribution is 7.86. The number of aliphatic carboxylic acids is 1. The summed E-state index contributed by atoms with van der Waals surface area (Å²) < 4.78 is 26.3. The second kappa shape index (κ2) is 8.08. The van der Waals surface area contributed by atoms with E-state index in [4.69, 9.17) is 5.11 Å². The molecular weight excluding hydrogens is 274 g/mol. The number of carbonyl (C=O) groups excluding carboxylic acids is 1. The summed E-state index contributed by atoms with van der Waals surface area (Å²) in [5.74, 6) is -1.49. The molecule has 2 N–H and O–H groups in total. The molecule has 0 aliphatic carbocycles. The van der Waals surface area contributed by atoms with E-state index in [0.29, 0.717) is 6.42 Å². The largest absolute Gasteiger partial charge is 0.481 e. The third-order valence-corrected chi connectivity index (χ3v) is 4.37. The van der Waals surface area contributed by atoms with Crippen molar-refractivity contribution in [3.05, 3.63) is 0 Å². The molecule has 9 heteroatoms. The highest BCUT2D eigenvalue weighted by atomic mass is 32.2. The first-order chi connectivity index (χ1) is 8.75. The Morgan fingerprint density at radius 3 is 2.26 bits per heavy atom. The van der Waals surface area contributed by atoms with Crippen LogP contribution in [-0.4, -0.2) is 67.7 Å². The molecule has 0 fully saturated rings. The van der Waals surface area contributed by atoms with E-state index >= 15 is 0 Å². The molecule has 0 aliphatic heterocycles. The van der Waals surface area contributed by atoms with E-state index in [1.807, 2.05) is 0 Å². The predicted octanol–water partition coefficient (Wildman–Crippen LogP) is -0.904. The van der Waals surface area contributed by atoms with E-state index in [9.17, 15) is 18.0 Å². The van der Waals surface area contributed by atoms with E-state index in [1.54, 1.807) is 6.92 Å². The molecule has 0 saturated heterocycles. The zero-order chi connectivity index (χ0) is 15.1. The average molecular weight is 295 g/mol. The quantitative estimate of drug-likeness (QED) is 0.573. The van der Waals surface area contributed by atoms with Crippen molar-refractivity contribution in [3.8, 4) is 0 Å². The molecule has 8 nitrogen and oxygen atoms in total. The molecule has 0 heterocycles. The average Bonchev–Trinajstić information content (AvgIpc) is 2.34. The summed E-state index contributed by atoms with van der Waals surface area (Å²) in [6.45, 7) is 1.59. The molecule has 1 amide bonds. The minimum atomic E-state index is -3.82. The lowest BCUT2D eigenvalue weighted by atomic mass is 10.4. The van der Waals surface area contributed by atoms with Crippen LogP contribution in [0.3, 0.4) is 0 Å². The number of rotatable bonds is 9. The number of nitrogens with zero attached hydrogens (tertiary/aromatic N) is 2. The van der Waals surface area contributed by atoms with Gasteiger partial charge < -0.3 is 10.4 Å². The molecule has 0 bridgehead atoms. The first-order valence-electron chi connectivity index (χ1n) is 5.89. The molecule has 0 aromatic rings. The lowest BCUT2D eigenvalue weighted by Crippen LogP contribution is -2.46. The molecule has 19 heavy (non-hydrogen) atoms. The lowest BCUT2D eigenvalue weighted by Gasteiger charge is -2.26. The number of carboxylic acid groups (broad SMARTS) is 1. The number of hydrogen-bond acceptors (Lipinski definition) is 4. The summed E-state index contributed by atoms with van der Waals surface area (Å²) in [5.41, 5.74) is 0. The Hall–Kier alpha value is -1.19. The van der Waals surface area contributed by atoms with Gasteiger partial charge in [-0.3, -0.25) is 9.59 Å². The molecule has 0 unspecified atom stereocenters. The molecule has 112 valence electrons. The normalized spacial score (nSPS) is 11.8. The van der Waals surface area contributed by atoms with Crippen molar-refractivity contribution in [2.45, 2.75) is 19.8 Å². The van der Waals surface area contributed by atoms with Gasteiger partial charge in [-0.25, -0.2) is 0 Å². The summed E-state index contributed by atoms with van der Waals surface area (Å²) in [4.78, 5) is 21.8. The van der Waals surface area contributed by atoms with Gasteiger partial charge in [0.15, 0.2) is 0 Å². The van der Waals surface area contributed by atoms with Gasteiger partial charge in [0.25, 0.3) is 10.2 Å². The highest BCUT2D eigenvalue weighted by Crippen LogP contribution is 2.08. The van der Waals surface area contributed by atoms with Crippen LogP contribution >= 0.6 is 0 Å². The Morgan fingerprint density at radius 2 is 1.84 bits per heavy atom. The number of likely N-dealkylation sites (N-methyl/N-ethyl adjacent to an activating group) is 1. The van der Waals surface area contributed by atoms with Crippen LogP contribution in [-0.2, 0) is 19.8 Å². The molecule has 0 aromatic heterocycles. The van der Waals surface area contributed by atoms with Crippen molar-refractivity contribution in [3.63, 3.8) is 0 Å². The maximum Gasteiger partial charge on any atom is 0.304 e. The molecular formula is C10H21N3O5S. The molecule has 0 spiro atoms. The van der Waals surface area contributed by atoms with Crippen LogP contribution in [0.1, 0.15) is 19.8 Å². The smallest absolute Gasteiger partial charge is 0.304 e. The van der Waals surface area contributed by atoms with Crippen molar-refractivity contribution in [2.24, 2.45) is 0 Å². The number of hydrogen-bond donors (Lipinski definition) is 2. The third kappa shape index (κ3) is 5.99. The maximum absolute atomic E-state index is 12.2.